The van der Waals surface area contributed by atoms with Gasteiger partial charge in [0.05, 0.1) is 11.5 Å². The monoisotopic (exact) mass is 282 g/mol. The van der Waals surface area contributed by atoms with Gasteiger partial charge in [-0.3, -0.25) is 14.9 Å². The summed E-state index contributed by atoms with van der Waals surface area (Å²) in [6.07, 6.45) is 0.730. The van der Waals surface area contributed by atoms with Gasteiger partial charge in [0.1, 0.15) is 6.54 Å². The first-order valence-corrected chi connectivity index (χ1v) is 6.37. The molecular formula is C13H18N2O5. The molecule has 0 fully saturated rings. The van der Waals surface area contributed by atoms with E-state index in [0.717, 1.165) is 6.42 Å². The fourth-order valence-electron chi connectivity index (χ4n) is 1.73. The van der Waals surface area contributed by atoms with Crippen molar-refractivity contribution in [1.29, 1.82) is 0 Å². The molecule has 0 aliphatic rings. The summed E-state index contributed by atoms with van der Waals surface area (Å²) in [5.41, 5.74) is 0.472. The van der Waals surface area contributed by atoms with Crippen LogP contribution < -0.4 is 9.64 Å². The molecule has 0 saturated carbocycles. The summed E-state index contributed by atoms with van der Waals surface area (Å²) in [6.45, 7) is 4.41. The Morgan fingerprint density at radius 2 is 2.15 bits per heavy atom. The van der Waals surface area contributed by atoms with Crippen molar-refractivity contribution in [3.05, 3.63) is 28.3 Å². The van der Waals surface area contributed by atoms with E-state index in [1.807, 2.05) is 13.8 Å². The Kier molecular flexibility index (Phi) is 5.76. The second-order valence-corrected chi connectivity index (χ2v) is 4.17. The van der Waals surface area contributed by atoms with E-state index in [-0.39, 0.29) is 18.0 Å². The third-order valence-electron chi connectivity index (χ3n) is 2.67. The average molecular weight is 282 g/mol. The summed E-state index contributed by atoms with van der Waals surface area (Å²) in [6, 6.07) is 4.38. The van der Waals surface area contributed by atoms with Crippen molar-refractivity contribution in [2.75, 3.05) is 24.6 Å². The summed E-state index contributed by atoms with van der Waals surface area (Å²) in [5.74, 6) is -0.792. The summed E-state index contributed by atoms with van der Waals surface area (Å²) < 4.78 is 5.37. The Balaban J connectivity index is 3.09. The standard InChI is InChI=1S/C13H18N2O5/c1-3-7-20-12-8-10(5-6-11(12)15(18)19)14(4-2)9-13(16)17/h5-6,8H,3-4,7,9H2,1-2H3,(H,16,17). The highest BCUT2D eigenvalue weighted by atomic mass is 16.6. The van der Waals surface area contributed by atoms with Crippen LogP contribution in [0.4, 0.5) is 11.4 Å². The molecule has 1 aromatic carbocycles. The Hall–Kier alpha value is -2.31. The van der Waals surface area contributed by atoms with Crippen molar-refractivity contribution < 1.29 is 19.6 Å². The second-order valence-electron chi connectivity index (χ2n) is 4.17. The highest BCUT2D eigenvalue weighted by Crippen LogP contribution is 2.31. The number of anilines is 1. The fraction of sp³-hybridized carbons (Fsp3) is 0.462. The molecule has 0 unspecified atom stereocenters. The predicted molar refractivity (Wildman–Crippen MR) is 74.4 cm³/mol. The van der Waals surface area contributed by atoms with Gasteiger partial charge in [0.25, 0.3) is 0 Å². The molecule has 1 N–H and O–H groups in total. The number of aliphatic carboxylic acids is 1. The Bertz CT molecular complexity index is 490. The van der Waals surface area contributed by atoms with Gasteiger partial charge >= 0.3 is 11.7 Å². The van der Waals surface area contributed by atoms with E-state index in [1.165, 1.54) is 18.2 Å². The lowest BCUT2D eigenvalue weighted by Gasteiger charge is -2.21. The first-order valence-electron chi connectivity index (χ1n) is 6.37. The molecule has 1 rings (SSSR count). The fourth-order valence-corrected chi connectivity index (χ4v) is 1.73. The van der Waals surface area contributed by atoms with E-state index in [2.05, 4.69) is 0 Å². The first kappa shape index (κ1) is 15.7. The van der Waals surface area contributed by atoms with E-state index >= 15 is 0 Å². The molecule has 0 aliphatic heterocycles. The van der Waals surface area contributed by atoms with Crippen molar-refractivity contribution in [3.8, 4) is 5.75 Å². The number of carbonyl (C=O) groups is 1. The van der Waals surface area contributed by atoms with Gasteiger partial charge in [0.2, 0.25) is 0 Å². The maximum Gasteiger partial charge on any atom is 0.323 e. The number of nitrogens with zero attached hydrogens (tertiary/aromatic N) is 2. The minimum absolute atomic E-state index is 0.117. The van der Waals surface area contributed by atoms with E-state index < -0.39 is 10.9 Å². The molecule has 0 bridgehead atoms. The smallest absolute Gasteiger partial charge is 0.323 e. The number of hydrogen-bond donors (Lipinski definition) is 1. The van der Waals surface area contributed by atoms with Crippen molar-refractivity contribution >= 4 is 17.3 Å². The van der Waals surface area contributed by atoms with Crippen LogP contribution in [0, 0.1) is 10.1 Å². The summed E-state index contributed by atoms with van der Waals surface area (Å²) in [5, 5.41) is 19.8. The van der Waals surface area contributed by atoms with Crippen LogP contribution in [0.1, 0.15) is 20.3 Å². The molecule has 7 heteroatoms. The van der Waals surface area contributed by atoms with Gasteiger partial charge < -0.3 is 14.7 Å². The SMILES string of the molecule is CCCOc1cc(N(CC)CC(=O)O)ccc1[N+](=O)[O-]. The van der Waals surface area contributed by atoms with Gasteiger partial charge in [0, 0.05) is 24.4 Å². The van der Waals surface area contributed by atoms with E-state index in [1.54, 1.807) is 4.90 Å². The molecule has 110 valence electrons. The molecule has 0 atom stereocenters. The van der Waals surface area contributed by atoms with Crippen LogP contribution in [0.3, 0.4) is 0 Å². The highest BCUT2D eigenvalue weighted by Gasteiger charge is 2.18. The number of carboxylic acids is 1. The molecule has 0 amide bonds. The minimum Gasteiger partial charge on any atom is -0.487 e. The van der Waals surface area contributed by atoms with Crippen molar-refractivity contribution in [3.63, 3.8) is 0 Å². The number of nitro groups is 1. The molecule has 0 heterocycles. The van der Waals surface area contributed by atoms with E-state index in [9.17, 15) is 14.9 Å². The zero-order chi connectivity index (χ0) is 15.1. The third kappa shape index (κ3) is 4.11. The number of ether oxygens (including phenoxy) is 1. The molecule has 1 aromatic rings. The maximum absolute atomic E-state index is 10.9. The summed E-state index contributed by atoms with van der Waals surface area (Å²) in [4.78, 5) is 22.8. The lowest BCUT2D eigenvalue weighted by atomic mass is 10.2. The Morgan fingerprint density at radius 1 is 1.45 bits per heavy atom. The first-order chi connectivity index (χ1) is 9.49. The second kappa shape index (κ2) is 7.32. The number of carboxylic acid groups (broad SMARTS) is 1. The molecule has 0 aromatic heterocycles. The van der Waals surface area contributed by atoms with Gasteiger partial charge in [-0.15, -0.1) is 0 Å². The normalized spacial score (nSPS) is 10.1. The quantitative estimate of drug-likeness (QED) is 0.581. The largest absolute Gasteiger partial charge is 0.487 e. The van der Waals surface area contributed by atoms with Crippen LogP contribution in [0.15, 0.2) is 18.2 Å². The Morgan fingerprint density at radius 3 is 2.65 bits per heavy atom. The Labute approximate surface area is 116 Å². The van der Waals surface area contributed by atoms with Crippen molar-refractivity contribution in [1.82, 2.24) is 0 Å². The van der Waals surface area contributed by atoms with E-state index in [0.29, 0.717) is 18.8 Å². The molecule has 20 heavy (non-hydrogen) atoms. The van der Waals surface area contributed by atoms with Gasteiger partial charge in [-0.25, -0.2) is 0 Å². The van der Waals surface area contributed by atoms with Gasteiger partial charge in [-0.05, 0) is 19.4 Å². The minimum atomic E-state index is -0.957. The van der Waals surface area contributed by atoms with Gasteiger partial charge in [-0.2, -0.15) is 0 Å². The van der Waals surface area contributed by atoms with Crippen LogP contribution in [0.2, 0.25) is 0 Å². The molecule has 0 aliphatic carbocycles. The predicted octanol–water partition coefficient (Wildman–Crippen LogP) is 2.29. The topological polar surface area (TPSA) is 92.9 Å². The zero-order valence-corrected chi connectivity index (χ0v) is 11.5. The van der Waals surface area contributed by atoms with Crippen LogP contribution in [-0.2, 0) is 4.79 Å². The number of likely N-dealkylation sites (N-methyl/N-ethyl adjacent to an activating group) is 1. The number of benzene rings is 1. The van der Waals surface area contributed by atoms with Crippen molar-refractivity contribution in [2.24, 2.45) is 0 Å². The highest BCUT2D eigenvalue weighted by molar-refractivity contribution is 5.74. The van der Waals surface area contributed by atoms with Crippen LogP contribution in [0.5, 0.6) is 5.75 Å². The number of hydrogen-bond acceptors (Lipinski definition) is 5. The third-order valence-corrected chi connectivity index (χ3v) is 2.67. The van der Waals surface area contributed by atoms with Gasteiger partial charge in [0.15, 0.2) is 5.75 Å². The zero-order valence-electron chi connectivity index (χ0n) is 11.5. The van der Waals surface area contributed by atoms with Crippen LogP contribution in [-0.4, -0.2) is 35.7 Å². The average Bonchev–Trinajstić information content (AvgIpc) is 2.41. The lowest BCUT2D eigenvalue weighted by Crippen LogP contribution is -2.29. The molecule has 7 nitrogen and oxygen atoms in total. The molecule has 0 saturated heterocycles. The number of nitro benzene ring substituents is 1. The van der Waals surface area contributed by atoms with Crippen LogP contribution >= 0.6 is 0 Å². The lowest BCUT2D eigenvalue weighted by molar-refractivity contribution is -0.385. The maximum atomic E-state index is 10.9. The molecular weight excluding hydrogens is 264 g/mol. The van der Waals surface area contributed by atoms with Gasteiger partial charge in [-0.1, -0.05) is 6.92 Å². The number of rotatable bonds is 8. The molecule has 0 spiro atoms. The molecule has 0 radical (unpaired) electrons. The summed E-state index contributed by atoms with van der Waals surface area (Å²) in [7, 11) is 0. The van der Waals surface area contributed by atoms with E-state index in [4.69, 9.17) is 9.84 Å². The van der Waals surface area contributed by atoms with Crippen LogP contribution in [0.25, 0.3) is 0 Å². The summed E-state index contributed by atoms with van der Waals surface area (Å²) >= 11 is 0. The van der Waals surface area contributed by atoms with Crippen molar-refractivity contribution in [2.45, 2.75) is 20.3 Å².